The topological polar surface area (TPSA) is 63.8 Å². The molecule has 0 saturated heterocycles. The molecule has 4 N–H and O–H groups in total. The van der Waals surface area contributed by atoms with Crippen LogP contribution in [-0.2, 0) is 4.74 Å². The van der Waals surface area contributed by atoms with Crippen molar-refractivity contribution in [3.63, 3.8) is 0 Å². The number of hydrogen-bond acceptors (Lipinski definition) is 7. The minimum absolute atomic E-state index is 0.197. The number of rotatable bonds is 14. The van der Waals surface area contributed by atoms with E-state index in [-0.39, 0.29) is 12.1 Å². The Morgan fingerprint density at radius 3 is 1.24 bits per heavy atom. The normalized spacial score (nSPS) is 19.7. The second kappa shape index (κ2) is 11.4. The van der Waals surface area contributed by atoms with Gasteiger partial charge in [0.2, 0.25) is 0 Å². The zero-order valence-corrected chi connectivity index (χ0v) is 18.3. The van der Waals surface area contributed by atoms with Gasteiger partial charge >= 0.3 is 0 Å². The Morgan fingerprint density at radius 1 is 0.720 bits per heavy atom. The summed E-state index contributed by atoms with van der Waals surface area (Å²) in [4.78, 5) is 4.43. The monoisotopic (exact) mass is 360 g/mol. The number of likely N-dealkylation sites (N-methyl/N-ethyl adjacent to an activating group) is 4. The quantitative estimate of drug-likeness (QED) is 0.324. The minimum Gasteiger partial charge on any atom is -0.336 e. The lowest BCUT2D eigenvalue weighted by molar-refractivity contribution is -0.230. The van der Waals surface area contributed by atoms with E-state index in [1.165, 1.54) is 0 Å². The molecule has 0 saturated carbocycles. The number of ether oxygens (including phenoxy) is 1. The Kier molecular flexibility index (Phi) is 11.3. The Bertz CT molecular complexity index is 322. The van der Waals surface area contributed by atoms with Crippen LogP contribution in [0.1, 0.15) is 26.7 Å². The van der Waals surface area contributed by atoms with Crippen molar-refractivity contribution in [2.24, 2.45) is 0 Å². The van der Waals surface area contributed by atoms with Gasteiger partial charge in [0.15, 0.2) is 0 Å². The van der Waals surface area contributed by atoms with Crippen LogP contribution in [0, 0.1) is 0 Å². The summed E-state index contributed by atoms with van der Waals surface area (Å²) in [6.45, 7) is 6.18. The average Bonchev–Trinajstić information content (AvgIpc) is 2.60. The van der Waals surface area contributed by atoms with Crippen molar-refractivity contribution < 1.29 is 4.74 Å². The molecule has 0 aliphatic heterocycles. The molecule has 0 heterocycles. The fourth-order valence-electron chi connectivity index (χ4n) is 3.24. The summed E-state index contributed by atoms with van der Waals surface area (Å²) in [5.41, 5.74) is -0.957. The van der Waals surface area contributed by atoms with Gasteiger partial charge in [-0.05, 0) is 83.3 Å². The molecule has 0 rings (SSSR count). The highest BCUT2D eigenvalue weighted by Crippen LogP contribution is 2.31. The lowest BCUT2D eigenvalue weighted by atomic mass is 9.95. The van der Waals surface area contributed by atoms with Crippen molar-refractivity contribution in [3.8, 4) is 0 Å². The highest BCUT2D eigenvalue weighted by Gasteiger charge is 2.47. The van der Waals surface area contributed by atoms with Crippen LogP contribution in [0.3, 0.4) is 0 Å². The van der Waals surface area contributed by atoms with Crippen molar-refractivity contribution in [2.45, 2.75) is 50.2 Å². The molecule has 7 heteroatoms. The maximum atomic E-state index is 6.99. The van der Waals surface area contributed by atoms with Gasteiger partial charge in [-0.3, -0.25) is 10.6 Å². The molecule has 0 aromatic rings. The molecule has 0 fully saturated rings. The summed E-state index contributed by atoms with van der Waals surface area (Å²) in [5.74, 6) is 0. The third-order valence-electron chi connectivity index (χ3n) is 5.60. The van der Waals surface area contributed by atoms with Crippen LogP contribution in [0.25, 0.3) is 0 Å². The van der Waals surface area contributed by atoms with Crippen LogP contribution >= 0.6 is 0 Å². The van der Waals surface area contributed by atoms with Gasteiger partial charge in [-0.1, -0.05) is 0 Å². The minimum atomic E-state index is -0.479. The van der Waals surface area contributed by atoms with Gasteiger partial charge in [-0.25, -0.2) is 0 Å². The van der Waals surface area contributed by atoms with Gasteiger partial charge in [-0.2, -0.15) is 0 Å². The first-order valence-electron chi connectivity index (χ1n) is 9.36. The van der Waals surface area contributed by atoms with Crippen molar-refractivity contribution in [1.82, 2.24) is 31.1 Å². The Labute approximate surface area is 156 Å². The predicted octanol–water partition coefficient (Wildman–Crippen LogP) is -0.0464. The fraction of sp³-hybridized carbons (Fsp3) is 1.00. The van der Waals surface area contributed by atoms with E-state index in [4.69, 9.17) is 4.74 Å². The second-order valence-corrected chi connectivity index (χ2v) is 7.37. The van der Waals surface area contributed by atoms with Gasteiger partial charge in [0.25, 0.3) is 0 Å². The van der Waals surface area contributed by atoms with E-state index < -0.39 is 11.4 Å². The maximum Gasteiger partial charge on any atom is 0.138 e. The molecule has 0 spiro atoms. The Morgan fingerprint density at radius 2 is 1.04 bits per heavy atom. The molecule has 0 aliphatic carbocycles. The molecule has 0 aromatic heterocycles. The molecule has 4 atom stereocenters. The summed E-state index contributed by atoms with van der Waals surface area (Å²) in [6, 6.07) is 0.394. The van der Waals surface area contributed by atoms with Crippen LogP contribution in [0.2, 0.25) is 0 Å². The molecule has 0 radical (unpaired) electrons. The molecular formula is C18H44N6O. The SMILES string of the molecule is CNCCC(NC)(OC(CCNC)(NC)C(C)N(C)C)C(C)N(C)C. The molecule has 0 bridgehead atoms. The summed E-state index contributed by atoms with van der Waals surface area (Å²) in [6.07, 6.45) is 1.73. The zero-order chi connectivity index (χ0) is 19.7. The highest BCUT2D eigenvalue weighted by molar-refractivity contribution is 4.96. The Hall–Kier alpha value is -0.280. The molecule has 0 amide bonds. The zero-order valence-electron chi connectivity index (χ0n) is 18.3. The van der Waals surface area contributed by atoms with Crippen LogP contribution in [0.4, 0.5) is 0 Å². The first kappa shape index (κ1) is 24.7. The molecule has 152 valence electrons. The first-order valence-corrected chi connectivity index (χ1v) is 9.36. The van der Waals surface area contributed by atoms with Gasteiger partial charge in [0, 0.05) is 24.9 Å². The van der Waals surface area contributed by atoms with Crippen LogP contribution in [0.15, 0.2) is 0 Å². The van der Waals surface area contributed by atoms with Crippen molar-refractivity contribution >= 4 is 0 Å². The lowest BCUT2D eigenvalue weighted by Gasteiger charge is -2.51. The summed E-state index contributed by atoms with van der Waals surface area (Å²) in [5, 5.41) is 13.6. The molecule has 0 aliphatic rings. The van der Waals surface area contributed by atoms with E-state index in [0.717, 1.165) is 25.9 Å². The third kappa shape index (κ3) is 6.43. The standard InChI is InChI=1S/C18H44N6O/c1-15(23(7)8)17(21-5,11-13-19-3)25-18(22-6,12-14-20-4)16(2)24(9)10/h15-16,19-22H,11-14H2,1-10H3. The van der Waals surface area contributed by atoms with Crippen molar-refractivity contribution in [3.05, 3.63) is 0 Å². The molecule has 25 heavy (non-hydrogen) atoms. The lowest BCUT2D eigenvalue weighted by Crippen LogP contribution is -2.69. The number of nitrogens with one attached hydrogen (secondary N) is 4. The Balaban J connectivity index is 5.91. The van der Waals surface area contributed by atoms with E-state index in [2.05, 4.69) is 73.1 Å². The van der Waals surface area contributed by atoms with Gasteiger partial charge in [0.1, 0.15) is 11.4 Å². The van der Waals surface area contributed by atoms with E-state index in [1.54, 1.807) is 0 Å². The number of nitrogens with zero attached hydrogens (tertiary/aromatic N) is 2. The van der Waals surface area contributed by atoms with E-state index >= 15 is 0 Å². The summed E-state index contributed by atoms with van der Waals surface area (Å²) in [7, 11) is 16.4. The highest BCUT2D eigenvalue weighted by atomic mass is 16.6. The van der Waals surface area contributed by atoms with Gasteiger partial charge < -0.3 is 25.2 Å². The predicted molar refractivity (Wildman–Crippen MR) is 108 cm³/mol. The molecule has 0 aromatic carbocycles. The van der Waals surface area contributed by atoms with E-state index in [9.17, 15) is 0 Å². The van der Waals surface area contributed by atoms with Crippen LogP contribution in [0.5, 0.6) is 0 Å². The van der Waals surface area contributed by atoms with Crippen molar-refractivity contribution in [1.29, 1.82) is 0 Å². The van der Waals surface area contributed by atoms with Crippen LogP contribution < -0.4 is 21.3 Å². The van der Waals surface area contributed by atoms with Crippen molar-refractivity contribution in [2.75, 3.05) is 69.5 Å². The molecular weight excluding hydrogens is 316 g/mol. The van der Waals surface area contributed by atoms with Gasteiger partial charge in [-0.15, -0.1) is 0 Å². The van der Waals surface area contributed by atoms with Crippen LogP contribution in [-0.4, -0.2) is 103 Å². The average molecular weight is 361 g/mol. The molecule has 7 nitrogen and oxygen atoms in total. The van der Waals surface area contributed by atoms with Gasteiger partial charge in [0.05, 0.1) is 0 Å². The summed E-state index contributed by atoms with van der Waals surface area (Å²) >= 11 is 0. The smallest absolute Gasteiger partial charge is 0.138 e. The fourth-order valence-corrected chi connectivity index (χ4v) is 3.24. The first-order chi connectivity index (χ1) is 11.7. The third-order valence-corrected chi connectivity index (χ3v) is 5.60. The number of hydrogen-bond donors (Lipinski definition) is 4. The van der Waals surface area contributed by atoms with E-state index in [1.807, 2.05) is 28.2 Å². The summed E-state index contributed by atoms with van der Waals surface area (Å²) < 4.78 is 6.99. The largest absolute Gasteiger partial charge is 0.336 e. The van der Waals surface area contributed by atoms with E-state index in [0.29, 0.717) is 0 Å². The second-order valence-electron chi connectivity index (χ2n) is 7.37. The molecule has 4 unspecified atom stereocenters. The maximum absolute atomic E-state index is 6.99.